The summed E-state index contributed by atoms with van der Waals surface area (Å²) in [7, 11) is -5.13. The molecule has 1 atom stereocenters. The second-order valence-corrected chi connectivity index (χ2v) is 7.14. The van der Waals surface area contributed by atoms with E-state index in [0.29, 0.717) is 11.1 Å². The number of halogens is 4. The zero-order valence-electron chi connectivity index (χ0n) is 13.0. The van der Waals surface area contributed by atoms with Crippen molar-refractivity contribution >= 4 is 27.8 Å². The molecule has 0 N–H and O–H groups in total. The summed E-state index contributed by atoms with van der Waals surface area (Å²) in [6.45, 7) is 4.97. The SMILES string of the molecule is C=Cc1cccc(C(C)c2c(S(=O)(=O)[O-])ccc(Cl)c2C(F)(F)F)c1. The molecule has 0 heterocycles. The maximum absolute atomic E-state index is 13.5. The molecule has 0 radical (unpaired) electrons. The third kappa shape index (κ3) is 4.05. The Morgan fingerprint density at radius 2 is 1.88 bits per heavy atom. The van der Waals surface area contributed by atoms with Gasteiger partial charge in [0.05, 0.1) is 15.5 Å². The van der Waals surface area contributed by atoms with Gasteiger partial charge >= 0.3 is 6.18 Å². The van der Waals surface area contributed by atoms with Crippen molar-refractivity contribution in [1.82, 2.24) is 0 Å². The van der Waals surface area contributed by atoms with Crippen LogP contribution in [0.15, 0.2) is 47.9 Å². The van der Waals surface area contributed by atoms with Crippen LogP contribution in [0.5, 0.6) is 0 Å². The van der Waals surface area contributed by atoms with Crippen LogP contribution in [0.25, 0.3) is 6.08 Å². The minimum atomic E-state index is -5.13. The van der Waals surface area contributed by atoms with E-state index in [9.17, 15) is 26.1 Å². The average Bonchev–Trinajstić information content (AvgIpc) is 2.51. The van der Waals surface area contributed by atoms with Crippen LogP contribution in [0.1, 0.15) is 35.1 Å². The van der Waals surface area contributed by atoms with E-state index in [1.165, 1.54) is 13.0 Å². The van der Waals surface area contributed by atoms with Crippen molar-refractivity contribution in [2.24, 2.45) is 0 Å². The average molecular weight is 390 g/mol. The monoisotopic (exact) mass is 389 g/mol. The highest BCUT2D eigenvalue weighted by molar-refractivity contribution is 7.85. The number of benzene rings is 2. The molecule has 0 spiro atoms. The second-order valence-electron chi connectivity index (χ2n) is 5.38. The van der Waals surface area contributed by atoms with Crippen LogP contribution < -0.4 is 0 Å². The van der Waals surface area contributed by atoms with E-state index in [1.54, 1.807) is 24.3 Å². The molecule has 8 heteroatoms. The van der Waals surface area contributed by atoms with Gasteiger partial charge in [-0.15, -0.1) is 0 Å². The van der Waals surface area contributed by atoms with Crippen molar-refractivity contribution in [2.45, 2.75) is 23.9 Å². The summed E-state index contributed by atoms with van der Waals surface area (Å²) in [5.74, 6) is -1.03. The van der Waals surface area contributed by atoms with Crippen LogP contribution in [0.2, 0.25) is 5.02 Å². The predicted molar refractivity (Wildman–Crippen MR) is 88.5 cm³/mol. The van der Waals surface area contributed by atoms with Crippen LogP contribution in [-0.2, 0) is 16.3 Å². The summed E-state index contributed by atoms with van der Waals surface area (Å²) in [5.41, 5.74) is -0.930. The Hall–Kier alpha value is -1.83. The Kier molecular flexibility index (Phi) is 5.32. The zero-order chi connectivity index (χ0) is 19.0. The molecule has 0 bridgehead atoms. The highest BCUT2D eigenvalue weighted by Gasteiger charge is 2.39. The molecule has 2 rings (SSSR count). The topological polar surface area (TPSA) is 57.2 Å². The van der Waals surface area contributed by atoms with E-state index >= 15 is 0 Å². The maximum atomic E-state index is 13.5. The number of alkyl halides is 3. The molecule has 25 heavy (non-hydrogen) atoms. The van der Waals surface area contributed by atoms with Gasteiger partial charge in [-0.25, -0.2) is 8.42 Å². The van der Waals surface area contributed by atoms with Gasteiger partial charge in [0.1, 0.15) is 10.1 Å². The lowest BCUT2D eigenvalue weighted by molar-refractivity contribution is -0.138. The van der Waals surface area contributed by atoms with Crippen LogP contribution >= 0.6 is 11.6 Å². The molecule has 1 unspecified atom stereocenters. The first-order valence-electron chi connectivity index (χ1n) is 7.04. The maximum Gasteiger partial charge on any atom is 0.418 e. The lowest BCUT2D eigenvalue weighted by atomic mass is 9.88. The standard InChI is InChI=1S/C17H14ClF3O3S/c1-3-11-5-4-6-12(9-11)10(2)15-14(25(22,23)24)8-7-13(18)16(15)17(19,20)21/h3-10H,1H2,2H3,(H,22,23,24)/p-1. The first kappa shape index (κ1) is 19.5. The van der Waals surface area contributed by atoms with Gasteiger partial charge in [0.15, 0.2) is 0 Å². The summed E-state index contributed by atoms with van der Waals surface area (Å²) in [5, 5.41) is -0.665. The minimum absolute atomic E-state index is 0.398. The van der Waals surface area contributed by atoms with Crippen molar-refractivity contribution in [3.8, 4) is 0 Å². The van der Waals surface area contributed by atoms with E-state index in [0.717, 1.165) is 12.1 Å². The van der Waals surface area contributed by atoms with E-state index in [2.05, 4.69) is 6.58 Å². The van der Waals surface area contributed by atoms with Gasteiger partial charge in [-0.3, -0.25) is 0 Å². The first-order chi connectivity index (χ1) is 11.5. The van der Waals surface area contributed by atoms with E-state index < -0.39 is 43.3 Å². The quantitative estimate of drug-likeness (QED) is 0.687. The Labute approximate surface area is 148 Å². The van der Waals surface area contributed by atoms with Crippen LogP contribution in [0.3, 0.4) is 0 Å². The van der Waals surface area contributed by atoms with Gasteiger partial charge in [-0.2, -0.15) is 13.2 Å². The van der Waals surface area contributed by atoms with Gasteiger partial charge < -0.3 is 4.55 Å². The molecule has 0 aliphatic rings. The molecule has 0 aliphatic heterocycles. The van der Waals surface area contributed by atoms with Crippen molar-refractivity contribution in [3.63, 3.8) is 0 Å². The fourth-order valence-corrected chi connectivity index (χ4v) is 3.69. The van der Waals surface area contributed by atoms with E-state index in [4.69, 9.17) is 11.6 Å². The molecule has 0 saturated heterocycles. The molecule has 0 aromatic heterocycles. The molecule has 2 aromatic rings. The van der Waals surface area contributed by atoms with Crippen LogP contribution in [0.4, 0.5) is 13.2 Å². The Morgan fingerprint density at radius 3 is 2.40 bits per heavy atom. The van der Waals surface area contributed by atoms with E-state index in [-0.39, 0.29) is 0 Å². The van der Waals surface area contributed by atoms with Crippen molar-refractivity contribution in [3.05, 3.63) is 70.3 Å². The van der Waals surface area contributed by atoms with Crippen LogP contribution in [-0.4, -0.2) is 13.0 Å². The van der Waals surface area contributed by atoms with Gasteiger partial charge in [0.25, 0.3) is 0 Å². The molecule has 2 aromatic carbocycles. The molecular formula is C17H13ClF3O3S-. The van der Waals surface area contributed by atoms with Gasteiger partial charge in [0, 0.05) is 5.92 Å². The van der Waals surface area contributed by atoms with Gasteiger partial charge in [0.2, 0.25) is 0 Å². The lowest BCUT2D eigenvalue weighted by Gasteiger charge is -2.24. The minimum Gasteiger partial charge on any atom is -0.744 e. The molecule has 0 fully saturated rings. The number of hydrogen-bond donors (Lipinski definition) is 0. The summed E-state index contributed by atoms with van der Waals surface area (Å²) in [6.07, 6.45) is -3.42. The smallest absolute Gasteiger partial charge is 0.418 e. The number of hydrogen-bond acceptors (Lipinski definition) is 3. The number of rotatable bonds is 4. The molecular weight excluding hydrogens is 377 g/mol. The lowest BCUT2D eigenvalue weighted by Crippen LogP contribution is -2.17. The summed E-state index contributed by atoms with van der Waals surface area (Å²) < 4.78 is 75.1. The molecule has 0 aliphatic carbocycles. The second kappa shape index (κ2) is 6.82. The van der Waals surface area contributed by atoms with Crippen LogP contribution in [0, 0.1) is 0 Å². The first-order valence-corrected chi connectivity index (χ1v) is 8.83. The highest BCUT2D eigenvalue weighted by Crippen LogP contribution is 2.44. The predicted octanol–water partition coefficient (Wildman–Crippen LogP) is 5.06. The Bertz CT molecular complexity index is 921. The Balaban J connectivity index is 2.85. The van der Waals surface area contributed by atoms with Crippen molar-refractivity contribution in [1.29, 1.82) is 0 Å². The molecule has 3 nitrogen and oxygen atoms in total. The van der Waals surface area contributed by atoms with Crippen molar-refractivity contribution in [2.75, 3.05) is 0 Å². The zero-order valence-corrected chi connectivity index (χ0v) is 14.5. The summed E-state index contributed by atoms with van der Waals surface area (Å²) >= 11 is 5.69. The van der Waals surface area contributed by atoms with E-state index in [1.807, 2.05) is 0 Å². The fourth-order valence-electron chi connectivity index (χ4n) is 2.63. The normalized spacial score (nSPS) is 13.5. The third-order valence-electron chi connectivity index (χ3n) is 3.79. The molecule has 0 amide bonds. The Morgan fingerprint density at radius 1 is 1.24 bits per heavy atom. The fraction of sp³-hybridized carbons (Fsp3) is 0.176. The van der Waals surface area contributed by atoms with Crippen molar-refractivity contribution < 1.29 is 26.1 Å². The summed E-state index contributed by atoms with van der Waals surface area (Å²) in [4.78, 5) is -0.930. The summed E-state index contributed by atoms with van der Waals surface area (Å²) in [6, 6.07) is 7.98. The largest absolute Gasteiger partial charge is 0.744 e. The third-order valence-corrected chi connectivity index (χ3v) is 5.00. The highest BCUT2D eigenvalue weighted by atomic mass is 35.5. The molecule has 134 valence electrons. The molecule has 0 saturated carbocycles. The van der Waals surface area contributed by atoms with Gasteiger partial charge in [-0.05, 0) is 28.8 Å². The van der Waals surface area contributed by atoms with Gasteiger partial charge in [-0.1, -0.05) is 55.4 Å².